The highest BCUT2D eigenvalue weighted by Gasteiger charge is 2.27. The average Bonchev–Trinajstić information content (AvgIpc) is 2.87. The number of nitrogens with zero attached hydrogens (tertiary/aromatic N) is 1. The number of benzene rings is 2. The van der Waals surface area contributed by atoms with Gasteiger partial charge in [-0.25, -0.2) is 4.57 Å². The number of aliphatic carboxylic acids is 1. The Hall–Kier alpha value is -3.73. The van der Waals surface area contributed by atoms with E-state index >= 15 is 0 Å². The van der Waals surface area contributed by atoms with Gasteiger partial charge in [-0.15, -0.1) is 0 Å². The lowest BCUT2D eigenvalue weighted by Gasteiger charge is -2.27. The number of rotatable bonds is 16. The summed E-state index contributed by atoms with van der Waals surface area (Å²) < 4.78 is 15.5. The van der Waals surface area contributed by atoms with Crippen molar-refractivity contribution in [3.8, 4) is 5.75 Å². The first kappa shape index (κ1) is 32.5. The van der Waals surface area contributed by atoms with Crippen LogP contribution in [0.1, 0.15) is 44.2 Å². The molecule has 0 spiro atoms. The van der Waals surface area contributed by atoms with Crippen molar-refractivity contribution in [1.29, 1.82) is 0 Å². The fourth-order valence-electron chi connectivity index (χ4n) is 4.04. The van der Waals surface area contributed by atoms with Crippen molar-refractivity contribution in [2.75, 3.05) is 13.1 Å². The van der Waals surface area contributed by atoms with Crippen molar-refractivity contribution in [3.05, 3.63) is 65.7 Å². The minimum absolute atomic E-state index is 0.0436. The monoisotopic (exact) mass is 577 g/mol. The van der Waals surface area contributed by atoms with Crippen LogP contribution in [0.3, 0.4) is 0 Å². The van der Waals surface area contributed by atoms with Crippen LogP contribution in [-0.2, 0) is 36.6 Å². The minimum atomic E-state index is -4.72. The van der Waals surface area contributed by atoms with Crippen molar-refractivity contribution in [3.63, 3.8) is 0 Å². The third-order valence-corrected chi connectivity index (χ3v) is 6.33. The molecule has 3 amide bonds. The Morgan fingerprint density at radius 2 is 1.55 bits per heavy atom. The van der Waals surface area contributed by atoms with Crippen LogP contribution in [-0.4, -0.2) is 68.7 Å². The summed E-state index contributed by atoms with van der Waals surface area (Å²) in [6, 6.07) is 13.4. The van der Waals surface area contributed by atoms with E-state index in [9.17, 15) is 23.7 Å². The number of nitrogens with one attached hydrogen (secondary N) is 2. The predicted molar refractivity (Wildman–Crippen MR) is 146 cm³/mol. The zero-order chi connectivity index (χ0) is 29.7. The largest absolute Gasteiger partial charge is 0.524 e. The summed E-state index contributed by atoms with van der Waals surface area (Å²) in [5.41, 5.74) is 1.68. The lowest BCUT2D eigenvalue weighted by Crippen LogP contribution is -2.54. The average molecular weight is 578 g/mol. The summed E-state index contributed by atoms with van der Waals surface area (Å²) in [6.45, 7) is 3.38. The van der Waals surface area contributed by atoms with Crippen LogP contribution in [0.25, 0.3) is 0 Å². The Kier molecular flexibility index (Phi) is 12.8. The van der Waals surface area contributed by atoms with Crippen LogP contribution in [0.15, 0.2) is 54.6 Å². The van der Waals surface area contributed by atoms with Crippen molar-refractivity contribution >= 4 is 31.5 Å². The molecule has 5 N–H and O–H groups in total. The fraction of sp³-hybridized carbons (Fsp3) is 0.407. The van der Waals surface area contributed by atoms with Crippen molar-refractivity contribution in [1.82, 2.24) is 15.5 Å². The first-order valence-electron chi connectivity index (χ1n) is 12.8. The number of phosphoric ester groups is 1. The molecule has 2 rings (SSSR count). The molecule has 40 heavy (non-hydrogen) atoms. The normalized spacial score (nSPS) is 12.6. The van der Waals surface area contributed by atoms with Gasteiger partial charge in [-0.2, -0.15) is 0 Å². The molecule has 0 unspecified atom stereocenters. The molecule has 0 aliphatic carbocycles. The molecule has 0 aromatic heterocycles. The van der Waals surface area contributed by atoms with Crippen LogP contribution in [0.4, 0.5) is 0 Å². The Labute approximate surface area is 233 Å². The molecule has 12 nitrogen and oxygen atoms in total. The molecule has 0 aliphatic heterocycles. The molecule has 0 saturated heterocycles. The topological polar surface area (TPSA) is 183 Å². The highest BCUT2D eigenvalue weighted by atomic mass is 31.2. The molecule has 0 radical (unpaired) electrons. The zero-order valence-electron chi connectivity index (χ0n) is 22.5. The maximum atomic E-state index is 13.3. The quantitative estimate of drug-likeness (QED) is 0.186. The number of carbonyl (C=O) groups excluding carboxylic acids is 3. The second kappa shape index (κ2) is 15.8. The van der Waals surface area contributed by atoms with Gasteiger partial charge in [0.25, 0.3) is 0 Å². The molecule has 13 heteroatoms. The van der Waals surface area contributed by atoms with Crippen LogP contribution < -0.4 is 15.2 Å². The molecule has 2 aromatic rings. The number of hydrogen-bond donors (Lipinski definition) is 5. The summed E-state index contributed by atoms with van der Waals surface area (Å²) in [4.78, 5) is 68.5. The third kappa shape index (κ3) is 12.4. The van der Waals surface area contributed by atoms with Gasteiger partial charge >= 0.3 is 13.8 Å². The van der Waals surface area contributed by atoms with E-state index in [2.05, 4.69) is 15.2 Å². The van der Waals surface area contributed by atoms with Crippen LogP contribution in [0, 0.1) is 0 Å². The second-order valence-corrected chi connectivity index (χ2v) is 10.5. The van der Waals surface area contributed by atoms with E-state index in [4.69, 9.17) is 14.9 Å². The highest BCUT2D eigenvalue weighted by molar-refractivity contribution is 7.46. The number of carboxylic acids is 1. The number of amides is 3. The summed E-state index contributed by atoms with van der Waals surface area (Å²) in [7, 11) is -4.72. The van der Waals surface area contributed by atoms with Gasteiger partial charge in [0.05, 0.1) is 0 Å². The summed E-state index contributed by atoms with van der Waals surface area (Å²) in [5.74, 6) is -2.45. The van der Waals surface area contributed by atoms with Crippen molar-refractivity contribution in [2.24, 2.45) is 0 Å². The summed E-state index contributed by atoms with van der Waals surface area (Å²) in [6.07, 6.45) is 1.60. The van der Waals surface area contributed by atoms with Gasteiger partial charge in [0.15, 0.2) is 0 Å². The molecular formula is C27H36N3O9P. The Balaban J connectivity index is 2.05. The lowest BCUT2D eigenvalue weighted by atomic mass is 10.0. The molecule has 0 aliphatic rings. The van der Waals surface area contributed by atoms with Crippen molar-refractivity contribution in [2.45, 2.75) is 58.0 Å². The Bertz CT molecular complexity index is 1190. The minimum Gasteiger partial charge on any atom is -0.481 e. The van der Waals surface area contributed by atoms with E-state index in [1.54, 1.807) is 4.90 Å². The fourth-order valence-corrected chi connectivity index (χ4v) is 4.43. The first-order chi connectivity index (χ1) is 18.8. The van der Waals surface area contributed by atoms with Crippen LogP contribution in [0.2, 0.25) is 0 Å². The van der Waals surface area contributed by atoms with Gasteiger partial charge in [-0.3, -0.25) is 29.0 Å². The first-order valence-corrected chi connectivity index (χ1v) is 14.3. The number of hydrogen-bond acceptors (Lipinski definition) is 6. The number of aryl methyl sites for hydroxylation is 1. The molecule has 2 aromatic carbocycles. The molecule has 0 bridgehead atoms. The smallest absolute Gasteiger partial charge is 0.481 e. The summed E-state index contributed by atoms with van der Waals surface area (Å²) >= 11 is 0. The maximum absolute atomic E-state index is 13.3. The molecule has 0 saturated carbocycles. The van der Waals surface area contributed by atoms with Gasteiger partial charge in [0.1, 0.15) is 17.8 Å². The van der Waals surface area contributed by atoms with E-state index in [0.717, 1.165) is 12.0 Å². The van der Waals surface area contributed by atoms with Crippen LogP contribution in [0.5, 0.6) is 5.75 Å². The predicted octanol–water partition coefficient (Wildman–Crippen LogP) is 2.04. The van der Waals surface area contributed by atoms with E-state index in [1.165, 1.54) is 38.1 Å². The second-order valence-electron chi connectivity index (χ2n) is 9.33. The van der Waals surface area contributed by atoms with E-state index in [-0.39, 0.29) is 37.5 Å². The van der Waals surface area contributed by atoms with E-state index in [1.807, 2.05) is 30.3 Å². The van der Waals surface area contributed by atoms with Crippen molar-refractivity contribution < 1.29 is 43.2 Å². The number of carbonyl (C=O) groups is 4. The van der Waals surface area contributed by atoms with Gasteiger partial charge in [0.2, 0.25) is 17.7 Å². The molecule has 0 fully saturated rings. The van der Waals surface area contributed by atoms with E-state index < -0.39 is 37.7 Å². The SMILES string of the molecule is CC(=O)N[C@@H](Cc1ccc(OP(=O)(O)O)cc1)C(=O)N[C@@H](C)C(=O)N(CCCC(=O)O)CCCc1ccccc1. The Morgan fingerprint density at radius 3 is 2.12 bits per heavy atom. The molecule has 218 valence electrons. The van der Waals surface area contributed by atoms with Gasteiger partial charge in [0, 0.05) is 32.9 Å². The summed E-state index contributed by atoms with van der Waals surface area (Å²) in [5, 5.41) is 14.2. The third-order valence-electron chi connectivity index (χ3n) is 5.88. The maximum Gasteiger partial charge on any atom is 0.524 e. The highest BCUT2D eigenvalue weighted by Crippen LogP contribution is 2.37. The van der Waals surface area contributed by atoms with Gasteiger partial charge in [-0.1, -0.05) is 42.5 Å². The standard InChI is InChI=1S/C27H36N3O9P/c1-19(27(35)30(17-7-11-25(32)33)16-6-10-21-8-4-3-5-9-21)28-26(34)24(29-20(2)31)18-22-12-14-23(15-13-22)39-40(36,37)38/h3-5,8-9,12-15,19,24H,6-7,10-11,16-18H2,1-2H3,(H,28,34)(H,29,31)(H,32,33)(H2,36,37,38)/t19-,24-/m0/s1. The molecule has 2 atom stereocenters. The Morgan fingerprint density at radius 1 is 0.925 bits per heavy atom. The lowest BCUT2D eigenvalue weighted by molar-refractivity contribution is -0.139. The van der Waals surface area contributed by atoms with E-state index in [0.29, 0.717) is 18.5 Å². The molecular weight excluding hydrogens is 541 g/mol. The zero-order valence-corrected chi connectivity index (χ0v) is 23.4. The molecule has 0 heterocycles. The van der Waals surface area contributed by atoms with Crippen LogP contribution >= 0.6 is 7.82 Å². The number of carboxylic acid groups (broad SMARTS) is 1. The number of phosphoric acid groups is 1. The van der Waals surface area contributed by atoms with Gasteiger partial charge < -0.3 is 25.2 Å². The van der Waals surface area contributed by atoms with Gasteiger partial charge in [-0.05, 0) is 49.4 Å².